The van der Waals surface area contributed by atoms with Crippen LogP contribution < -0.4 is 5.73 Å². The van der Waals surface area contributed by atoms with E-state index in [0.29, 0.717) is 9.77 Å². The minimum Gasteiger partial charge on any atom is -0.326 e. The summed E-state index contributed by atoms with van der Waals surface area (Å²) in [5, 5.41) is 0.764. The zero-order valence-electron chi connectivity index (χ0n) is 11.3. The van der Waals surface area contributed by atoms with Gasteiger partial charge < -0.3 is 5.73 Å². The zero-order valence-corrected chi connectivity index (χ0v) is 12.9. The molecule has 2 rings (SSSR count). The van der Waals surface area contributed by atoms with Crippen molar-refractivity contribution in [1.29, 1.82) is 0 Å². The molecule has 0 saturated carbocycles. The maximum absolute atomic E-state index is 12.7. The molecular formula is C13H18N2O2S2. The van der Waals surface area contributed by atoms with Crippen LogP contribution in [0.15, 0.2) is 29.2 Å². The summed E-state index contributed by atoms with van der Waals surface area (Å²) in [5.41, 5.74) is 5.71. The second kappa shape index (κ2) is 5.20. The van der Waals surface area contributed by atoms with Crippen molar-refractivity contribution in [3.8, 4) is 0 Å². The van der Waals surface area contributed by atoms with Crippen LogP contribution in [0.4, 0.5) is 0 Å². The minimum atomic E-state index is -3.50. The molecule has 0 bridgehead atoms. The number of rotatable bonds is 4. The first-order valence-electron chi connectivity index (χ1n) is 6.08. The summed E-state index contributed by atoms with van der Waals surface area (Å²) < 4.78 is 27.8. The number of hydrogen-bond acceptors (Lipinski definition) is 4. The molecule has 0 unspecified atom stereocenters. The fraction of sp³-hybridized carbons (Fsp3) is 0.385. The van der Waals surface area contributed by atoms with Gasteiger partial charge in [-0.3, -0.25) is 0 Å². The maximum Gasteiger partial charge on any atom is 0.244 e. The standard InChI is InChI=1S/C13H18N2O2S2/c1-9(2)15(3)19(16,17)13-10-6-4-5-7-11(10)18-12(13)8-14/h4-7,9H,8,14H2,1-3H3. The minimum absolute atomic E-state index is 0.0886. The van der Waals surface area contributed by atoms with Crippen LogP contribution in [0.25, 0.3) is 10.1 Å². The Labute approximate surface area is 117 Å². The number of nitrogens with zero attached hydrogens (tertiary/aromatic N) is 1. The van der Waals surface area contributed by atoms with Crippen molar-refractivity contribution in [1.82, 2.24) is 4.31 Å². The van der Waals surface area contributed by atoms with Gasteiger partial charge in [0.25, 0.3) is 0 Å². The van der Waals surface area contributed by atoms with Crippen molar-refractivity contribution in [2.75, 3.05) is 7.05 Å². The molecule has 0 amide bonds. The van der Waals surface area contributed by atoms with Crippen molar-refractivity contribution >= 4 is 31.4 Å². The highest BCUT2D eigenvalue weighted by molar-refractivity contribution is 7.89. The molecule has 19 heavy (non-hydrogen) atoms. The quantitative estimate of drug-likeness (QED) is 0.942. The van der Waals surface area contributed by atoms with E-state index >= 15 is 0 Å². The summed E-state index contributed by atoms with van der Waals surface area (Å²) in [4.78, 5) is 1.08. The van der Waals surface area contributed by atoms with E-state index in [2.05, 4.69) is 0 Å². The van der Waals surface area contributed by atoms with Crippen LogP contribution in [0.1, 0.15) is 18.7 Å². The molecule has 2 N–H and O–H groups in total. The Morgan fingerprint density at radius 3 is 2.53 bits per heavy atom. The average Bonchev–Trinajstić information content (AvgIpc) is 2.76. The SMILES string of the molecule is CC(C)N(C)S(=O)(=O)c1c(CN)sc2ccccc12. The van der Waals surface area contributed by atoms with Gasteiger partial charge in [-0.05, 0) is 19.9 Å². The first-order chi connectivity index (χ1) is 8.89. The molecule has 4 nitrogen and oxygen atoms in total. The van der Waals surface area contributed by atoms with Gasteiger partial charge in [0, 0.05) is 34.6 Å². The van der Waals surface area contributed by atoms with Crippen LogP contribution in [0.3, 0.4) is 0 Å². The van der Waals surface area contributed by atoms with Gasteiger partial charge >= 0.3 is 0 Å². The highest BCUT2D eigenvalue weighted by Crippen LogP contribution is 2.36. The Kier molecular flexibility index (Phi) is 3.96. The van der Waals surface area contributed by atoms with E-state index in [4.69, 9.17) is 5.73 Å². The molecule has 0 spiro atoms. The zero-order chi connectivity index (χ0) is 14.2. The Balaban J connectivity index is 2.74. The summed E-state index contributed by atoms with van der Waals surface area (Å²) in [5.74, 6) is 0. The predicted molar refractivity (Wildman–Crippen MR) is 79.8 cm³/mol. The molecule has 0 aliphatic carbocycles. The second-order valence-electron chi connectivity index (χ2n) is 4.67. The second-order valence-corrected chi connectivity index (χ2v) is 7.74. The molecule has 0 atom stereocenters. The average molecular weight is 298 g/mol. The molecule has 0 radical (unpaired) electrons. The smallest absolute Gasteiger partial charge is 0.244 e. The van der Waals surface area contributed by atoms with Crippen LogP contribution in [0.2, 0.25) is 0 Å². The number of benzene rings is 1. The largest absolute Gasteiger partial charge is 0.326 e. The number of sulfonamides is 1. The third kappa shape index (κ3) is 2.41. The molecule has 0 fully saturated rings. The van der Waals surface area contributed by atoms with E-state index in [1.165, 1.54) is 15.6 Å². The molecule has 1 heterocycles. The van der Waals surface area contributed by atoms with Crippen molar-refractivity contribution in [2.24, 2.45) is 5.73 Å². The van der Waals surface area contributed by atoms with Crippen molar-refractivity contribution in [2.45, 2.75) is 31.3 Å². The lowest BCUT2D eigenvalue weighted by molar-refractivity contribution is 0.411. The molecular weight excluding hydrogens is 280 g/mol. The van der Waals surface area contributed by atoms with Gasteiger partial charge in [-0.25, -0.2) is 8.42 Å². The highest BCUT2D eigenvalue weighted by atomic mass is 32.2. The molecule has 2 aromatic rings. The van der Waals surface area contributed by atoms with E-state index in [-0.39, 0.29) is 12.6 Å². The monoisotopic (exact) mass is 298 g/mol. The molecule has 6 heteroatoms. The van der Waals surface area contributed by atoms with E-state index in [9.17, 15) is 8.42 Å². The van der Waals surface area contributed by atoms with Crippen LogP contribution in [0.5, 0.6) is 0 Å². The maximum atomic E-state index is 12.7. The van der Waals surface area contributed by atoms with Gasteiger partial charge in [0.2, 0.25) is 10.0 Å². The predicted octanol–water partition coefficient (Wildman–Crippen LogP) is 2.39. The van der Waals surface area contributed by atoms with Gasteiger partial charge in [0.15, 0.2) is 0 Å². The lowest BCUT2D eigenvalue weighted by Crippen LogP contribution is -2.33. The fourth-order valence-corrected chi connectivity index (χ4v) is 5.06. The van der Waals surface area contributed by atoms with Crippen LogP contribution in [0, 0.1) is 0 Å². The highest BCUT2D eigenvalue weighted by Gasteiger charge is 2.29. The lowest BCUT2D eigenvalue weighted by Gasteiger charge is -2.21. The van der Waals surface area contributed by atoms with Gasteiger partial charge in [0.1, 0.15) is 4.90 Å². The van der Waals surface area contributed by atoms with Crippen LogP contribution in [-0.2, 0) is 16.6 Å². The molecule has 0 aliphatic heterocycles. The Morgan fingerprint density at radius 2 is 1.95 bits per heavy atom. The van der Waals surface area contributed by atoms with Gasteiger partial charge in [0.05, 0.1) is 0 Å². The summed E-state index contributed by atoms with van der Waals surface area (Å²) in [6.07, 6.45) is 0. The van der Waals surface area contributed by atoms with Crippen LogP contribution >= 0.6 is 11.3 Å². The lowest BCUT2D eigenvalue weighted by atomic mass is 10.2. The molecule has 1 aromatic carbocycles. The molecule has 0 saturated heterocycles. The number of hydrogen-bond donors (Lipinski definition) is 1. The van der Waals surface area contributed by atoms with E-state index in [1.54, 1.807) is 7.05 Å². The summed E-state index contributed by atoms with van der Waals surface area (Å²) in [6, 6.07) is 7.43. The van der Waals surface area contributed by atoms with Crippen molar-refractivity contribution < 1.29 is 8.42 Å². The van der Waals surface area contributed by atoms with Crippen LogP contribution in [-0.4, -0.2) is 25.8 Å². The number of fused-ring (bicyclic) bond motifs is 1. The van der Waals surface area contributed by atoms with Gasteiger partial charge in [-0.15, -0.1) is 11.3 Å². The van der Waals surface area contributed by atoms with Crippen molar-refractivity contribution in [3.05, 3.63) is 29.1 Å². The molecule has 104 valence electrons. The first-order valence-corrected chi connectivity index (χ1v) is 8.33. The van der Waals surface area contributed by atoms with Gasteiger partial charge in [-0.1, -0.05) is 18.2 Å². The van der Waals surface area contributed by atoms with E-state index in [0.717, 1.165) is 10.1 Å². The fourth-order valence-electron chi connectivity index (χ4n) is 1.91. The van der Waals surface area contributed by atoms with E-state index < -0.39 is 10.0 Å². The van der Waals surface area contributed by atoms with Gasteiger partial charge in [-0.2, -0.15) is 4.31 Å². The molecule has 1 aromatic heterocycles. The topological polar surface area (TPSA) is 63.4 Å². The third-order valence-electron chi connectivity index (χ3n) is 3.17. The number of nitrogens with two attached hydrogens (primary N) is 1. The first kappa shape index (κ1) is 14.5. The Hall–Kier alpha value is -0.950. The van der Waals surface area contributed by atoms with Crippen molar-refractivity contribution in [3.63, 3.8) is 0 Å². The Bertz CT molecular complexity index is 690. The normalized spacial score (nSPS) is 12.7. The van der Waals surface area contributed by atoms with E-state index in [1.807, 2.05) is 38.1 Å². The summed E-state index contributed by atoms with van der Waals surface area (Å²) >= 11 is 1.45. The summed E-state index contributed by atoms with van der Waals surface area (Å²) in [6.45, 7) is 3.95. The molecule has 0 aliphatic rings. The number of thiophene rings is 1. The summed E-state index contributed by atoms with van der Waals surface area (Å²) in [7, 11) is -1.90. The third-order valence-corrected chi connectivity index (χ3v) is 6.65. The Morgan fingerprint density at radius 1 is 1.32 bits per heavy atom.